The van der Waals surface area contributed by atoms with Crippen LogP contribution in [0.1, 0.15) is 24.8 Å². The zero-order valence-electron chi connectivity index (χ0n) is 9.00. The molecule has 0 amide bonds. The maximum atomic E-state index is 3.53. The highest BCUT2D eigenvalue weighted by Gasteiger charge is 2.45. The third-order valence-electron chi connectivity index (χ3n) is 4.01. The van der Waals surface area contributed by atoms with Crippen LogP contribution in [0.4, 0.5) is 0 Å². The van der Waals surface area contributed by atoms with Crippen molar-refractivity contribution in [2.75, 3.05) is 6.54 Å². The number of benzene rings is 1. The first-order valence-corrected chi connectivity index (χ1v) is 5.93. The molecule has 1 aliphatic heterocycles. The molecule has 0 aromatic heterocycles. The van der Waals surface area contributed by atoms with Gasteiger partial charge in [-0.1, -0.05) is 36.8 Å². The molecule has 1 saturated carbocycles. The maximum absolute atomic E-state index is 3.53. The molecule has 1 aromatic carbocycles. The van der Waals surface area contributed by atoms with Crippen LogP contribution in [0.15, 0.2) is 30.3 Å². The van der Waals surface area contributed by atoms with Crippen molar-refractivity contribution >= 4 is 0 Å². The molecular formula is C13H18N2. The molecule has 1 aliphatic carbocycles. The predicted molar refractivity (Wildman–Crippen MR) is 61.4 cm³/mol. The highest BCUT2D eigenvalue weighted by molar-refractivity contribution is 5.20. The van der Waals surface area contributed by atoms with Crippen LogP contribution < -0.4 is 10.9 Å². The quantitative estimate of drug-likeness (QED) is 0.765. The Morgan fingerprint density at radius 3 is 3.00 bits per heavy atom. The smallest absolute Gasteiger partial charge is 0.0404 e. The summed E-state index contributed by atoms with van der Waals surface area (Å²) in [4.78, 5) is 0. The summed E-state index contributed by atoms with van der Waals surface area (Å²) in [5.74, 6) is 0.831. The van der Waals surface area contributed by atoms with Crippen molar-refractivity contribution in [3.05, 3.63) is 35.9 Å². The Balaban J connectivity index is 1.82. The van der Waals surface area contributed by atoms with Gasteiger partial charge in [0, 0.05) is 12.1 Å². The molecule has 1 heterocycles. The zero-order chi connectivity index (χ0) is 10.1. The summed E-state index contributed by atoms with van der Waals surface area (Å²) in [6, 6.07) is 10.8. The largest absolute Gasteiger partial charge is 0.257 e. The highest BCUT2D eigenvalue weighted by atomic mass is 15.4. The van der Waals surface area contributed by atoms with Gasteiger partial charge in [0.05, 0.1) is 0 Å². The minimum Gasteiger partial charge on any atom is -0.257 e. The maximum Gasteiger partial charge on any atom is 0.0404 e. The SMILES string of the molecule is c1ccc(CC23CCCC2CNN3)cc1. The Labute approximate surface area is 91.0 Å². The van der Waals surface area contributed by atoms with Gasteiger partial charge in [0.25, 0.3) is 0 Å². The number of rotatable bonds is 2. The summed E-state index contributed by atoms with van der Waals surface area (Å²) in [5, 5.41) is 0. The van der Waals surface area contributed by atoms with Crippen molar-refractivity contribution in [2.24, 2.45) is 5.92 Å². The van der Waals surface area contributed by atoms with Crippen molar-refractivity contribution in [1.29, 1.82) is 0 Å². The lowest BCUT2D eigenvalue weighted by Gasteiger charge is -2.28. The van der Waals surface area contributed by atoms with Gasteiger partial charge in [-0.15, -0.1) is 0 Å². The van der Waals surface area contributed by atoms with E-state index in [1.54, 1.807) is 0 Å². The third-order valence-corrected chi connectivity index (χ3v) is 4.01. The first-order chi connectivity index (χ1) is 7.39. The van der Waals surface area contributed by atoms with Crippen LogP contribution in [-0.2, 0) is 6.42 Å². The first-order valence-electron chi connectivity index (χ1n) is 5.93. The standard InChI is InChI=1S/C13H18N2/c1-2-5-11(6-3-1)9-13-8-4-7-12(13)10-14-15-13/h1-3,5-6,12,14-15H,4,7-10H2. The van der Waals surface area contributed by atoms with Crippen LogP contribution in [-0.4, -0.2) is 12.1 Å². The number of hydrogen-bond donors (Lipinski definition) is 2. The second kappa shape index (κ2) is 3.62. The summed E-state index contributed by atoms with van der Waals surface area (Å²) in [7, 11) is 0. The lowest BCUT2D eigenvalue weighted by atomic mass is 9.83. The molecular weight excluding hydrogens is 184 g/mol. The van der Waals surface area contributed by atoms with Gasteiger partial charge in [-0.05, 0) is 30.7 Å². The first kappa shape index (κ1) is 9.37. The molecule has 2 nitrogen and oxygen atoms in total. The molecule has 2 fully saturated rings. The van der Waals surface area contributed by atoms with Gasteiger partial charge < -0.3 is 0 Å². The lowest BCUT2D eigenvalue weighted by Crippen LogP contribution is -2.46. The van der Waals surface area contributed by atoms with Gasteiger partial charge in [-0.2, -0.15) is 0 Å². The normalized spacial score (nSPS) is 34.3. The van der Waals surface area contributed by atoms with Gasteiger partial charge in [0.2, 0.25) is 0 Å². The average molecular weight is 202 g/mol. The van der Waals surface area contributed by atoms with E-state index in [2.05, 4.69) is 41.2 Å². The summed E-state index contributed by atoms with van der Waals surface area (Å²) in [6.45, 7) is 1.15. The van der Waals surface area contributed by atoms with Crippen molar-refractivity contribution in [2.45, 2.75) is 31.2 Å². The molecule has 2 N–H and O–H groups in total. The molecule has 2 atom stereocenters. The molecule has 3 rings (SSSR count). The van der Waals surface area contributed by atoms with Gasteiger partial charge >= 0.3 is 0 Å². The van der Waals surface area contributed by atoms with E-state index >= 15 is 0 Å². The Kier molecular flexibility index (Phi) is 2.26. The van der Waals surface area contributed by atoms with E-state index in [1.807, 2.05) is 0 Å². The van der Waals surface area contributed by atoms with Crippen molar-refractivity contribution in [1.82, 2.24) is 10.9 Å². The monoisotopic (exact) mass is 202 g/mol. The number of fused-ring (bicyclic) bond motifs is 1. The minimum atomic E-state index is 0.349. The number of hydrazine groups is 1. The van der Waals surface area contributed by atoms with E-state index in [1.165, 1.54) is 31.2 Å². The van der Waals surface area contributed by atoms with Crippen molar-refractivity contribution in [3.63, 3.8) is 0 Å². The fourth-order valence-corrected chi connectivity index (χ4v) is 3.19. The lowest BCUT2D eigenvalue weighted by molar-refractivity contribution is 0.314. The van der Waals surface area contributed by atoms with Crippen LogP contribution in [0, 0.1) is 5.92 Å². The average Bonchev–Trinajstić information content (AvgIpc) is 2.78. The molecule has 1 aromatic rings. The molecule has 0 spiro atoms. The minimum absolute atomic E-state index is 0.349. The van der Waals surface area contributed by atoms with E-state index in [9.17, 15) is 0 Å². The number of hydrogen-bond acceptors (Lipinski definition) is 2. The van der Waals surface area contributed by atoms with E-state index < -0.39 is 0 Å². The highest BCUT2D eigenvalue weighted by Crippen LogP contribution is 2.39. The fraction of sp³-hybridized carbons (Fsp3) is 0.538. The second-order valence-electron chi connectivity index (χ2n) is 4.91. The Hall–Kier alpha value is -0.860. The van der Waals surface area contributed by atoms with Crippen LogP contribution in [0.5, 0.6) is 0 Å². The molecule has 15 heavy (non-hydrogen) atoms. The predicted octanol–water partition coefficient (Wildman–Crippen LogP) is 1.88. The van der Waals surface area contributed by atoms with Crippen LogP contribution >= 0.6 is 0 Å². The molecule has 1 saturated heterocycles. The molecule has 0 bridgehead atoms. The van der Waals surface area contributed by atoms with E-state index in [-0.39, 0.29) is 0 Å². The van der Waals surface area contributed by atoms with E-state index in [4.69, 9.17) is 0 Å². The van der Waals surface area contributed by atoms with Crippen LogP contribution in [0.3, 0.4) is 0 Å². The Morgan fingerprint density at radius 2 is 2.13 bits per heavy atom. The molecule has 80 valence electrons. The van der Waals surface area contributed by atoms with E-state index in [0.717, 1.165) is 12.5 Å². The summed E-state index contributed by atoms with van der Waals surface area (Å²) in [6.07, 6.45) is 5.25. The summed E-state index contributed by atoms with van der Waals surface area (Å²) in [5.41, 5.74) is 8.67. The third kappa shape index (κ3) is 1.58. The van der Waals surface area contributed by atoms with E-state index in [0.29, 0.717) is 5.54 Å². The summed E-state index contributed by atoms with van der Waals surface area (Å²) >= 11 is 0. The van der Waals surface area contributed by atoms with Gasteiger partial charge in [-0.3, -0.25) is 10.9 Å². The van der Waals surface area contributed by atoms with Crippen molar-refractivity contribution in [3.8, 4) is 0 Å². The topological polar surface area (TPSA) is 24.1 Å². The summed E-state index contributed by atoms with van der Waals surface area (Å²) < 4.78 is 0. The Morgan fingerprint density at radius 1 is 1.27 bits per heavy atom. The Bertz CT molecular complexity index is 324. The molecule has 2 unspecified atom stereocenters. The van der Waals surface area contributed by atoms with Crippen LogP contribution in [0.25, 0.3) is 0 Å². The second-order valence-corrected chi connectivity index (χ2v) is 4.91. The van der Waals surface area contributed by atoms with Gasteiger partial charge in [-0.25, -0.2) is 0 Å². The van der Waals surface area contributed by atoms with Crippen molar-refractivity contribution < 1.29 is 0 Å². The number of nitrogens with one attached hydrogen (secondary N) is 2. The van der Waals surface area contributed by atoms with Gasteiger partial charge in [0.15, 0.2) is 0 Å². The molecule has 2 aliphatic rings. The fourth-order valence-electron chi connectivity index (χ4n) is 3.19. The molecule has 2 heteroatoms. The van der Waals surface area contributed by atoms with Crippen LogP contribution in [0.2, 0.25) is 0 Å². The molecule has 0 radical (unpaired) electrons. The van der Waals surface area contributed by atoms with Gasteiger partial charge in [0.1, 0.15) is 0 Å². The zero-order valence-corrected chi connectivity index (χ0v) is 9.00.